The Morgan fingerprint density at radius 3 is 2.07 bits per heavy atom. The van der Waals surface area contributed by atoms with Crippen LogP contribution in [0.4, 0.5) is 0 Å². The molecule has 0 aliphatic rings. The van der Waals surface area contributed by atoms with Gasteiger partial charge >= 0.3 is 29.6 Å². The Balaban J connectivity index is 0. The third kappa shape index (κ3) is 16.8. The average Bonchev–Trinajstić information content (AvgIpc) is 2.63. The van der Waals surface area contributed by atoms with E-state index >= 15 is 0 Å². The molecule has 0 amide bonds. The van der Waals surface area contributed by atoms with E-state index in [0.717, 1.165) is 12.2 Å². The van der Waals surface area contributed by atoms with Crippen molar-refractivity contribution in [2.24, 2.45) is 0 Å². The molecule has 0 aliphatic carbocycles. The fraction of sp³-hybridized carbons (Fsp3) is 0.700. The van der Waals surface area contributed by atoms with Crippen molar-refractivity contribution < 1.29 is 58.2 Å². The molecule has 0 spiro atoms. The number of unbranched alkanes of at least 4 members (excludes halogenated alkanes) is 5. The van der Waals surface area contributed by atoms with Crippen LogP contribution in [-0.2, 0) is 26.0 Å². The molecule has 1 N–H and O–H groups in total. The Bertz CT molecular complexity index is 583. The van der Waals surface area contributed by atoms with Gasteiger partial charge in [-0.1, -0.05) is 51.2 Å². The van der Waals surface area contributed by atoms with Crippen molar-refractivity contribution in [3.8, 4) is 5.75 Å². The normalized spacial score (nSPS) is 11.2. The maximum Gasteiger partial charge on any atom is 1.00 e. The van der Waals surface area contributed by atoms with E-state index in [-0.39, 0.29) is 44.2 Å². The zero-order valence-electron chi connectivity index (χ0n) is 18.4. The molecule has 0 unspecified atom stereocenters. The van der Waals surface area contributed by atoms with Crippen molar-refractivity contribution in [3.63, 3.8) is 0 Å². The average molecular weight is 427 g/mol. The summed E-state index contributed by atoms with van der Waals surface area (Å²) in [6.45, 7) is 3.71. The van der Waals surface area contributed by atoms with Gasteiger partial charge in [-0.15, -0.1) is 0 Å². The minimum Gasteiger partial charge on any atom is -1.00 e. The molecule has 1 aromatic carbocycles. The molecule has 0 fully saturated rings. The summed E-state index contributed by atoms with van der Waals surface area (Å²) in [5, 5.41) is 0. The number of hydrogen-bond donors (Lipinski definition) is 1. The fourth-order valence-electron chi connectivity index (χ4n) is 2.57. The molecule has 0 heterocycles. The molecule has 0 aromatic heterocycles. The van der Waals surface area contributed by atoms with Crippen molar-refractivity contribution in [1.29, 1.82) is 0 Å². The van der Waals surface area contributed by atoms with Crippen LogP contribution in [0.25, 0.3) is 0 Å². The molecule has 0 atom stereocenters. The van der Waals surface area contributed by atoms with Gasteiger partial charge in [0.05, 0.1) is 32.2 Å². The summed E-state index contributed by atoms with van der Waals surface area (Å²) in [4.78, 5) is 0. The van der Waals surface area contributed by atoms with E-state index < -0.39 is 15.9 Å². The predicted molar refractivity (Wildman–Crippen MR) is 108 cm³/mol. The van der Waals surface area contributed by atoms with Crippen molar-refractivity contribution in [3.05, 3.63) is 29.8 Å². The monoisotopic (exact) mass is 426 g/mol. The first-order valence-corrected chi connectivity index (χ1v) is 11.4. The standard InChI is InChI=1S/C20H34O6S.Na.H/c1-2-3-4-5-6-7-8-19-9-11-20(12-10-19)26-16-15-24-13-14-25-17-18-27(21,22)23;;/h9-12H,2-8,13-18H2,1H3,(H,21,22,23);;/q;+1;-1. The van der Waals surface area contributed by atoms with Crippen LogP contribution in [0.5, 0.6) is 5.75 Å². The van der Waals surface area contributed by atoms with Gasteiger partial charge in [0.25, 0.3) is 10.1 Å². The van der Waals surface area contributed by atoms with Crippen LogP contribution in [-0.4, -0.2) is 51.8 Å². The Labute approximate surface area is 193 Å². The summed E-state index contributed by atoms with van der Waals surface area (Å²) in [7, 11) is -3.96. The Morgan fingerprint density at radius 1 is 0.857 bits per heavy atom. The molecule has 0 saturated carbocycles. The van der Waals surface area contributed by atoms with Crippen molar-refractivity contribution in [1.82, 2.24) is 0 Å². The van der Waals surface area contributed by atoms with Gasteiger partial charge in [0.15, 0.2) is 0 Å². The first-order chi connectivity index (χ1) is 13.0. The number of benzene rings is 1. The van der Waals surface area contributed by atoms with Gasteiger partial charge in [0.1, 0.15) is 12.4 Å². The van der Waals surface area contributed by atoms with Crippen LogP contribution >= 0.6 is 0 Å². The molecule has 0 radical (unpaired) electrons. The van der Waals surface area contributed by atoms with Crippen LogP contribution < -0.4 is 34.3 Å². The zero-order chi connectivity index (χ0) is 19.8. The Kier molecular flexibility index (Phi) is 17.6. The van der Waals surface area contributed by atoms with Crippen LogP contribution in [0.1, 0.15) is 52.4 Å². The van der Waals surface area contributed by atoms with Gasteiger partial charge < -0.3 is 15.6 Å². The summed E-state index contributed by atoms with van der Waals surface area (Å²) < 4.78 is 45.5. The Morgan fingerprint density at radius 2 is 1.43 bits per heavy atom. The van der Waals surface area contributed by atoms with E-state index in [1.807, 2.05) is 12.1 Å². The van der Waals surface area contributed by atoms with E-state index in [4.69, 9.17) is 18.8 Å². The molecular weight excluding hydrogens is 391 g/mol. The third-order valence-corrected chi connectivity index (χ3v) is 4.78. The molecule has 158 valence electrons. The van der Waals surface area contributed by atoms with Gasteiger partial charge in [0, 0.05) is 0 Å². The van der Waals surface area contributed by atoms with Crippen molar-refractivity contribution in [2.45, 2.75) is 51.9 Å². The topological polar surface area (TPSA) is 82.1 Å². The maximum absolute atomic E-state index is 10.5. The number of ether oxygens (including phenoxy) is 3. The van der Waals surface area contributed by atoms with Gasteiger partial charge in [-0.3, -0.25) is 4.55 Å². The molecule has 0 aliphatic heterocycles. The predicted octanol–water partition coefficient (Wildman–Crippen LogP) is 1.01. The van der Waals surface area contributed by atoms with E-state index in [2.05, 4.69) is 19.1 Å². The minimum absolute atomic E-state index is 0. The molecule has 28 heavy (non-hydrogen) atoms. The first kappa shape index (κ1) is 27.8. The van der Waals surface area contributed by atoms with Crippen molar-refractivity contribution >= 4 is 10.1 Å². The van der Waals surface area contributed by atoms with E-state index in [1.165, 1.54) is 44.1 Å². The SMILES string of the molecule is CCCCCCCCc1ccc(OCCOCCOCCS(=O)(=O)O)cc1.[H-].[Na+]. The van der Waals surface area contributed by atoms with Gasteiger partial charge in [-0.05, 0) is 30.5 Å². The molecule has 0 bridgehead atoms. The zero-order valence-corrected chi connectivity index (χ0v) is 20.2. The molecule has 1 aromatic rings. The second-order valence-electron chi connectivity index (χ2n) is 6.52. The van der Waals surface area contributed by atoms with Gasteiger partial charge in [-0.2, -0.15) is 8.42 Å². The van der Waals surface area contributed by atoms with E-state index in [1.54, 1.807) is 0 Å². The molecule has 8 heteroatoms. The number of aryl methyl sites for hydroxylation is 1. The van der Waals surface area contributed by atoms with E-state index in [0.29, 0.717) is 19.8 Å². The summed E-state index contributed by atoms with van der Waals surface area (Å²) in [6.07, 6.45) is 8.98. The van der Waals surface area contributed by atoms with Crippen LogP contribution in [0.2, 0.25) is 0 Å². The third-order valence-electron chi connectivity index (χ3n) is 4.10. The molecule has 6 nitrogen and oxygen atoms in total. The number of hydrogen-bond acceptors (Lipinski definition) is 5. The van der Waals surface area contributed by atoms with E-state index in [9.17, 15) is 8.42 Å². The number of rotatable bonds is 17. The first-order valence-electron chi connectivity index (χ1n) is 9.83. The largest absolute Gasteiger partial charge is 1.00 e. The summed E-state index contributed by atoms with van der Waals surface area (Å²) in [5.74, 6) is 0.431. The van der Waals surface area contributed by atoms with Crippen LogP contribution in [0.15, 0.2) is 24.3 Å². The van der Waals surface area contributed by atoms with Crippen molar-refractivity contribution in [2.75, 3.05) is 38.8 Å². The second-order valence-corrected chi connectivity index (χ2v) is 8.09. The Hall–Kier alpha value is -0.150. The van der Waals surface area contributed by atoms with Crippen LogP contribution in [0.3, 0.4) is 0 Å². The second kappa shape index (κ2) is 17.7. The fourth-order valence-corrected chi connectivity index (χ4v) is 2.89. The van der Waals surface area contributed by atoms with Gasteiger partial charge in [0.2, 0.25) is 0 Å². The summed E-state index contributed by atoms with van der Waals surface area (Å²) in [6, 6.07) is 8.21. The van der Waals surface area contributed by atoms with Gasteiger partial charge in [-0.25, -0.2) is 0 Å². The maximum atomic E-state index is 10.5. The van der Waals surface area contributed by atoms with Crippen LogP contribution in [0, 0.1) is 0 Å². The quantitative estimate of drug-likeness (QED) is 0.227. The summed E-state index contributed by atoms with van der Waals surface area (Å²) in [5.41, 5.74) is 1.34. The molecule has 1 rings (SSSR count). The smallest absolute Gasteiger partial charge is 1.00 e. The minimum atomic E-state index is -3.96. The molecule has 0 saturated heterocycles. The molecular formula is C20H35NaO6S. The summed E-state index contributed by atoms with van der Waals surface area (Å²) >= 11 is 0.